The number of carbonyl (C=O) groups is 1. The van der Waals surface area contributed by atoms with Crippen LogP contribution in [0.4, 0.5) is 0 Å². The molecule has 1 aromatic rings. The molecule has 4 nitrogen and oxygen atoms in total. The Morgan fingerprint density at radius 3 is 2.56 bits per heavy atom. The third-order valence-corrected chi connectivity index (χ3v) is 6.00. The highest BCUT2D eigenvalue weighted by molar-refractivity contribution is 5.72. The maximum atomic E-state index is 12.1. The SMILES string of the molecule is CC(CCCC(C)(C)c1ccc(O)cc1O)CCOC(=O)C1CCCCC1. The van der Waals surface area contributed by atoms with Crippen LogP contribution in [0, 0.1) is 11.8 Å². The summed E-state index contributed by atoms with van der Waals surface area (Å²) in [5.74, 6) is 0.887. The molecule has 1 aliphatic carbocycles. The van der Waals surface area contributed by atoms with E-state index in [1.807, 2.05) is 0 Å². The van der Waals surface area contributed by atoms with Crippen LogP contribution in [0.3, 0.4) is 0 Å². The minimum Gasteiger partial charge on any atom is -0.508 e. The first-order valence-corrected chi connectivity index (χ1v) is 10.5. The summed E-state index contributed by atoms with van der Waals surface area (Å²) in [6.45, 7) is 6.98. The average molecular weight is 377 g/mol. The van der Waals surface area contributed by atoms with E-state index in [0.29, 0.717) is 12.5 Å². The van der Waals surface area contributed by atoms with Crippen LogP contribution in [-0.4, -0.2) is 22.8 Å². The second-order valence-electron chi connectivity index (χ2n) is 8.87. The van der Waals surface area contributed by atoms with Crippen molar-refractivity contribution in [3.63, 3.8) is 0 Å². The number of hydrogen-bond acceptors (Lipinski definition) is 4. The molecule has 1 fully saturated rings. The van der Waals surface area contributed by atoms with Crippen molar-refractivity contribution in [1.82, 2.24) is 0 Å². The Morgan fingerprint density at radius 2 is 1.89 bits per heavy atom. The van der Waals surface area contributed by atoms with Gasteiger partial charge in [0.15, 0.2) is 0 Å². The van der Waals surface area contributed by atoms with E-state index < -0.39 is 0 Å². The molecule has 152 valence electrons. The summed E-state index contributed by atoms with van der Waals surface area (Å²) in [6.07, 6.45) is 9.53. The number of rotatable bonds is 9. The summed E-state index contributed by atoms with van der Waals surface area (Å²) in [7, 11) is 0. The van der Waals surface area contributed by atoms with E-state index in [1.165, 1.54) is 12.5 Å². The second kappa shape index (κ2) is 10.0. The third-order valence-electron chi connectivity index (χ3n) is 6.00. The van der Waals surface area contributed by atoms with Gasteiger partial charge in [0.25, 0.3) is 0 Å². The van der Waals surface area contributed by atoms with E-state index in [2.05, 4.69) is 20.8 Å². The first-order valence-electron chi connectivity index (χ1n) is 10.5. The minimum atomic E-state index is -0.148. The second-order valence-corrected chi connectivity index (χ2v) is 8.87. The predicted octanol–water partition coefficient (Wildman–Crippen LogP) is 5.70. The summed E-state index contributed by atoms with van der Waals surface area (Å²) in [6, 6.07) is 4.83. The number of hydrogen-bond donors (Lipinski definition) is 2. The quantitative estimate of drug-likeness (QED) is 0.543. The summed E-state index contributed by atoms with van der Waals surface area (Å²) < 4.78 is 5.50. The van der Waals surface area contributed by atoms with Gasteiger partial charge >= 0.3 is 5.97 Å². The smallest absolute Gasteiger partial charge is 0.308 e. The number of aromatic hydroxyl groups is 2. The maximum Gasteiger partial charge on any atom is 0.308 e. The van der Waals surface area contributed by atoms with Crippen molar-refractivity contribution in [2.75, 3.05) is 6.61 Å². The van der Waals surface area contributed by atoms with Crippen LogP contribution in [0.15, 0.2) is 18.2 Å². The third kappa shape index (κ3) is 6.75. The van der Waals surface area contributed by atoms with Gasteiger partial charge in [-0.05, 0) is 48.6 Å². The number of esters is 1. The fourth-order valence-corrected chi connectivity index (χ4v) is 4.08. The Balaban J connectivity index is 1.67. The summed E-state index contributed by atoms with van der Waals surface area (Å²) >= 11 is 0. The first-order chi connectivity index (χ1) is 12.8. The van der Waals surface area contributed by atoms with Gasteiger partial charge in [-0.25, -0.2) is 0 Å². The Hall–Kier alpha value is -1.71. The van der Waals surface area contributed by atoms with Gasteiger partial charge in [-0.3, -0.25) is 4.79 Å². The van der Waals surface area contributed by atoms with Gasteiger partial charge < -0.3 is 14.9 Å². The molecular formula is C23H36O4. The fourth-order valence-electron chi connectivity index (χ4n) is 4.08. The monoisotopic (exact) mass is 376 g/mol. The Kier molecular flexibility index (Phi) is 8.00. The van der Waals surface area contributed by atoms with Crippen LogP contribution < -0.4 is 0 Å². The van der Waals surface area contributed by atoms with E-state index in [-0.39, 0.29) is 28.8 Å². The molecule has 0 spiro atoms. The van der Waals surface area contributed by atoms with Crippen molar-refractivity contribution in [3.05, 3.63) is 23.8 Å². The number of phenolic OH excluding ortho intramolecular Hbond substituents is 2. The lowest BCUT2D eigenvalue weighted by atomic mass is 9.79. The zero-order valence-electron chi connectivity index (χ0n) is 17.2. The average Bonchev–Trinajstić information content (AvgIpc) is 2.61. The van der Waals surface area contributed by atoms with Crippen molar-refractivity contribution < 1.29 is 19.7 Å². The van der Waals surface area contributed by atoms with Crippen LogP contribution in [0.1, 0.15) is 84.1 Å². The molecule has 0 bridgehead atoms. The fraction of sp³-hybridized carbons (Fsp3) is 0.696. The lowest BCUT2D eigenvalue weighted by Gasteiger charge is -2.27. The molecule has 0 aromatic heterocycles. The maximum absolute atomic E-state index is 12.1. The largest absolute Gasteiger partial charge is 0.508 e. The van der Waals surface area contributed by atoms with E-state index in [0.717, 1.165) is 56.9 Å². The number of carbonyl (C=O) groups excluding carboxylic acids is 1. The van der Waals surface area contributed by atoms with Crippen molar-refractivity contribution in [2.45, 2.75) is 84.0 Å². The standard InChI is InChI=1S/C23H36O4/c1-17(13-15-27-22(26)18-9-5-4-6-10-18)8-7-14-23(2,3)20-12-11-19(24)16-21(20)25/h11-12,16-18,24-25H,4-10,13-15H2,1-3H3. The molecule has 2 rings (SSSR count). The molecular weight excluding hydrogens is 340 g/mol. The van der Waals surface area contributed by atoms with Gasteiger partial charge in [0, 0.05) is 6.07 Å². The molecule has 1 saturated carbocycles. The van der Waals surface area contributed by atoms with Gasteiger partial charge in [-0.15, -0.1) is 0 Å². The van der Waals surface area contributed by atoms with Crippen LogP contribution >= 0.6 is 0 Å². The first kappa shape index (κ1) is 21.6. The predicted molar refractivity (Wildman–Crippen MR) is 108 cm³/mol. The molecule has 1 aromatic carbocycles. The molecule has 27 heavy (non-hydrogen) atoms. The molecule has 0 saturated heterocycles. The Morgan fingerprint density at radius 1 is 1.19 bits per heavy atom. The highest BCUT2D eigenvalue weighted by atomic mass is 16.5. The van der Waals surface area contributed by atoms with E-state index in [4.69, 9.17) is 4.74 Å². The molecule has 0 amide bonds. The summed E-state index contributed by atoms with van der Waals surface area (Å²) in [5.41, 5.74) is 0.722. The lowest BCUT2D eigenvalue weighted by molar-refractivity contribution is -0.150. The normalized spacial score (nSPS) is 16.9. The van der Waals surface area contributed by atoms with Crippen LogP contribution in [0.5, 0.6) is 11.5 Å². The van der Waals surface area contributed by atoms with Gasteiger partial charge in [0.1, 0.15) is 11.5 Å². The summed E-state index contributed by atoms with van der Waals surface area (Å²) in [5, 5.41) is 19.6. The molecule has 0 radical (unpaired) electrons. The highest BCUT2D eigenvalue weighted by Gasteiger charge is 2.24. The van der Waals surface area contributed by atoms with Crippen LogP contribution in [0.2, 0.25) is 0 Å². The van der Waals surface area contributed by atoms with Crippen molar-refractivity contribution in [2.24, 2.45) is 11.8 Å². The van der Waals surface area contributed by atoms with E-state index >= 15 is 0 Å². The zero-order valence-corrected chi connectivity index (χ0v) is 17.2. The van der Waals surface area contributed by atoms with Crippen molar-refractivity contribution >= 4 is 5.97 Å². The zero-order chi connectivity index (χ0) is 19.9. The molecule has 1 atom stereocenters. The lowest BCUT2D eigenvalue weighted by Crippen LogP contribution is -2.21. The minimum absolute atomic E-state index is 0.00541. The van der Waals surface area contributed by atoms with Crippen molar-refractivity contribution in [3.8, 4) is 11.5 Å². The van der Waals surface area contributed by atoms with Crippen LogP contribution in [0.25, 0.3) is 0 Å². The molecule has 1 unspecified atom stereocenters. The molecule has 0 heterocycles. The molecule has 2 N–H and O–H groups in total. The topological polar surface area (TPSA) is 66.8 Å². The Bertz CT molecular complexity index is 602. The molecule has 0 aliphatic heterocycles. The number of benzene rings is 1. The van der Waals surface area contributed by atoms with Gasteiger partial charge in [0.2, 0.25) is 0 Å². The van der Waals surface area contributed by atoms with Gasteiger partial charge in [-0.2, -0.15) is 0 Å². The summed E-state index contributed by atoms with van der Waals surface area (Å²) in [4.78, 5) is 12.1. The highest BCUT2D eigenvalue weighted by Crippen LogP contribution is 2.37. The van der Waals surface area contributed by atoms with Crippen molar-refractivity contribution in [1.29, 1.82) is 0 Å². The number of ether oxygens (including phenoxy) is 1. The van der Waals surface area contributed by atoms with Gasteiger partial charge in [-0.1, -0.05) is 58.9 Å². The van der Waals surface area contributed by atoms with E-state index in [1.54, 1.807) is 12.1 Å². The van der Waals surface area contributed by atoms with E-state index in [9.17, 15) is 15.0 Å². The van der Waals surface area contributed by atoms with Gasteiger partial charge in [0.05, 0.1) is 12.5 Å². The Labute approximate surface area is 163 Å². The number of phenols is 2. The molecule has 4 heteroatoms. The molecule has 1 aliphatic rings. The van der Waals surface area contributed by atoms with Crippen LogP contribution in [-0.2, 0) is 14.9 Å².